The molecule has 0 unspecified atom stereocenters. The molecular weight excluding hydrogens is 533 g/mol. The minimum atomic E-state index is -4.29. The lowest BCUT2D eigenvalue weighted by Gasteiger charge is -2.33. The number of nitrogens with one attached hydrogen (secondary N) is 1. The average molecular weight is 570 g/mol. The number of sulfonamides is 1. The van der Waals surface area contributed by atoms with Crippen LogP contribution < -0.4 is 14.4 Å². The van der Waals surface area contributed by atoms with Crippen LogP contribution in [0.1, 0.15) is 39.7 Å². The van der Waals surface area contributed by atoms with E-state index in [1.54, 1.807) is 31.2 Å². The van der Waals surface area contributed by atoms with Crippen molar-refractivity contribution in [1.82, 2.24) is 10.2 Å². The smallest absolute Gasteiger partial charge is 0.264 e. The SMILES string of the molecule is CCOc1ccc(N(CC(=O)N(Cc2ccccc2)[C@@H](CC)C(=O)NC(C)C)S(=O)(=O)c2ccc(F)cc2)cc1. The molecule has 0 saturated heterocycles. The molecule has 0 saturated carbocycles. The maximum Gasteiger partial charge on any atom is 0.264 e. The molecule has 0 aliphatic heterocycles. The zero-order chi connectivity index (χ0) is 29.3. The first-order valence-electron chi connectivity index (χ1n) is 13.2. The van der Waals surface area contributed by atoms with E-state index < -0.39 is 34.3 Å². The van der Waals surface area contributed by atoms with Gasteiger partial charge in [0.1, 0.15) is 24.2 Å². The Morgan fingerprint density at radius 2 is 1.55 bits per heavy atom. The Bertz CT molecular complexity index is 1360. The molecule has 10 heteroatoms. The van der Waals surface area contributed by atoms with E-state index >= 15 is 0 Å². The molecule has 3 aromatic carbocycles. The molecule has 1 atom stereocenters. The van der Waals surface area contributed by atoms with E-state index in [1.165, 1.54) is 4.90 Å². The third kappa shape index (κ3) is 7.81. The first-order chi connectivity index (χ1) is 19.1. The summed E-state index contributed by atoms with van der Waals surface area (Å²) in [6.45, 7) is 7.26. The summed E-state index contributed by atoms with van der Waals surface area (Å²) in [6.07, 6.45) is 0.324. The summed E-state index contributed by atoms with van der Waals surface area (Å²) in [5.74, 6) is -0.928. The number of nitrogens with zero attached hydrogens (tertiary/aromatic N) is 2. The van der Waals surface area contributed by atoms with Crippen molar-refractivity contribution in [3.05, 3.63) is 90.2 Å². The first-order valence-corrected chi connectivity index (χ1v) is 14.7. The summed E-state index contributed by atoms with van der Waals surface area (Å²) < 4.78 is 47.7. The Morgan fingerprint density at radius 1 is 0.925 bits per heavy atom. The molecule has 0 heterocycles. The van der Waals surface area contributed by atoms with Crippen LogP contribution in [-0.2, 0) is 26.2 Å². The summed E-state index contributed by atoms with van der Waals surface area (Å²) in [4.78, 5) is 28.4. The van der Waals surface area contributed by atoms with Gasteiger partial charge >= 0.3 is 0 Å². The van der Waals surface area contributed by atoms with Gasteiger partial charge in [0.2, 0.25) is 11.8 Å². The van der Waals surface area contributed by atoms with E-state index in [9.17, 15) is 22.4 Å². The molecule has 2 amide bonds. The fraction of sp³-hybridized carbons (Fsp3) is 0.333. The van der Waals surface area contributed by atoms with Crippen LogP contribution in [-0.4, -0.2) is 50.4 Å². The average Bonchev–Trinajstić information content (AvgIpc) is 2.92. The van der Waals surface area contributed by atoms with Gasteiger partial charge in [0.25, 0.3) is 10.0 Å². The maximum absolute atomic E-state index is 14.0. The van der Waals surface area contributed by atoms with Gasteiger partial charge in [-0.15, -0.1) is 0 Å². The molecule has 0 aromatic heterocycles. The molecule has 0 aliphatic carbocycles. The van der Waals surface area contributed by atoms with Crippen LogP contribution in [0.25, 0.3) is 0 Å². The lowest BCUT2D eigenvalue weighted by molar-refractivity contribution is -0.140. The Hall–Kier alpha value is -3.92. The third-order valence-electron chi connectivity index (χ3n) is 6.13. The monoisotopic (exact) mass is 569 g/mol. The van der Waals surface area contributed by atoms with Gasteiger partial charge in [-0.1, -0.05) is 37.3 Å². The van der Waals surface area contributed by atoms with Gasteiger partial charge in [0.05, 0.1) is 17.2 Å². The molecule has 0 fully saturated rings. The van der Waals surface area contributed by atoms with Crippen molar-refractivity contribution >= 4 is 27.5 Å². The third-order valence-corrected chi connectivity index (χ3v) is 7.92. The minimum Gasteiger partial charge on any atom is -0.494 e. The molecule has 3 rings (SSSR count). The highest BCUT2D eigenvalue weighted by atomic mass is 32.2. The molecule has 0 aliphatic rings. The summed E-state index contributed by atoms with van der Waals surface area (Å²) in [5, 5.41) is 2.87. The second kappa shape index (κ2) is 13.9. The maximum atomic E-state index is 14.0. The molecule has 0 spiro atoms. The molecule has 40 heavy (non-hydrogen) atoms. The summed E-state index contributed by atoms with van der Waals surface area (Å²) in [6, 6.07) is 19.0. The minimum absolute atomic E-state index is 0.109. The standard InChI is InChI=1S/C30H36FN3O5S/c1-5-28(30(36)32-22(3)4)33(20-23-10-8-7-9-11-23)29(35)21-34(25-14-16-26(17-15-25)39-6-2)40(37,38)27-18-12-24(31)13-19-27/h7-19,22,28H,5-6,20-21H2,1-4H3,(H,32,36)/t28-/m0/s1. The van der Waals surface area contributed by atoms with Crippen LogP contribution in [0.2, 0.25) is 0 Å². The quantitative estimate of drug-likeness (QED) is 0.321. The summed E-state index contributed by atoms with van der Waals surface area (Å²) >= 11 is 0. The highest BCUT2D eigenvalue weighted by Gasteiger charge is 2.33. The lowest BCUT2D eigenvalue weighted by Crippen LogP contribution is -2.53. The number of amides is 2. The molecule has 3 aromatic rings. The van der Waals surface area contributed by atoms with Crippen molar-refractivity contribution < 1.29 is 27.1 Å². The molecule has 0 bridgehead atoms. The fourth-order valence-electron chi connectivity index (χ4n) is 4.22. The Labute approximate surface area is 235 Å². The number of rotatable bonds is 13. The van der Waals surface area contributed by atoms with E-state index in [2.05, 4.69) is 5.32 Å². The van der Waals surface area contributed by atoms with E-state index in [0.29, 0.717) is 18.8 Å². The molecule has 214 valence electrons. The Morgan fingerprint density at radius 3 is 2.10 bits per heavy atom. The topological polar surface area (TPSA) is 96.0 Å². The van der Waals surface area contributed by atoms with Crippen molar-refractivity contribution in [1.29, 1.82) is 0 Å². The number of hydrogen-bond donors (Lipinski definition) is 1. The van der Waals surface area contributed by atoms with Gasteiger partial charge in [-0.3, -0.25) is 13.9 Å². The van der Waals surface area contributed by atoms with E-state index in [0.717, 1.165) is 34.1 Å². The van der Waals surface area contributed by atoms with Gasteiger partial charge in [-0.05, 0) is 81.3 Å². The van der Waals surface area contributed by atoms with Crippen LogP contribution >= 0.6 is 0 Å². The van der Waals surface area contributed by atoms with Crippen molar-refractivity contribution in [3.8, 4) is 5.75 Å². The highest BCUT2D eigenvalue weighted by Crippen LogP contribution is 2.27. The zero-order valence-electron chi connectivity index (χ0n) is 23.2. The Kier molecular flexibility index (Phi) is 10.7. The molecule has 8 nitrogen and oxygen atoms in total. The summed E-state index contributed by atoms with van der Waals surface area (Å²) in [7, 11) is -4.29. The molecule has 1 N–H and O–H groups in total. The molecular formula is C30H36FN3O5S. The first kappa shape index (κ1) is 30.6. The fourth-order valence-corrected chi connectivity index (χ4v) is 5.63. The van der Waals surface area contributed by atoms with Crippen LogP contribution in [0.15, 0.2) is 83.8 Å². The van der Waals surface area contributed by atoms with Gasteiger partial charge in [0, 0.05) is 12.6 Å². The van der Waals surface area contributed by atoms with Gasteiger partial charge < -0.3 is 15.0 Å². The predicted octanol–water partition coefficient (Wildman–Crippen LogP) is 4.75. The van der Waals surface area contributed by atoms with Crippen molar-refractivity contribution in [2.75, 3.05) is 17.5 Å². The van der Waals surface area contributed by atoms with E-state index in [-0.39, 0.29) is 29.1 Å². The predicted molar refractivity (Wildman–Crippen MR) is 153 cm³/mol. The highest BCUT2D eigenvalue weighted by molar-refractivity contribution is 7.92. The second-order valence-corrected chi connectivity index (χ2v) is 11.3. The van der Waals surface area contributed by atoms with Gasteiger partial charge in [-0.2, -0.15) is 0 Å². The second-order valence-electron chi connectivity index (χ2n) is 9.49. The normalized spacial score (nSPS) is 12.1. The lowest BCUT2D eigenvalue weighted by atomic mass is 10.1. The number of halogens is 1. The molecule has 0 radical (unpaired) electrons. The van der Waals surface area contributed by atoms with Crippen LogP contribution in [0.5, 0.6) is 5.75 Å². The van der Waals surface area contributed by atoms with E-state index in [4.69, 9.17) is 4.74 Å². The van der Waals surface area contributed by atoms with Crippen molar-refractivity contribution in [3.63, 3.8) is 0 Å². The number of anilines is 1. The van der Waals surface area contributed by atoms with Crippen molar-refractivity contribution in [2.45, 2.75) is 57.6 Å². The van der Waals surface area contributed by atoms with Gasteiger partial charge in [0.15, 0.2) is 0 Å². The van der Waals surface area contributed by atoms with Crippen LogP contribution in [0, 0.1) is 5.82 Å². The largest absolute Gasteiger partial charge is 0.494 e. The number of benzene rings is 3. The number of hydrogen-bond acceptors (Lipinski definition) is 5. The number of ether oxygens (including phenoxy) is 1. The van der Waals surface area contributed by atoms with Crippen molar-refractivity contribution in [2.24, 2.45) is 0 Å². The van der Waals surface area contributed by atoms with Crippen LogP contribution in [0.4, 0.5) is 10.1 Å². The van der Waals surface area contributed by atoms with Gasteiger partial charge in [-0.25, -0.2) is 12.8 Å². The zero-order valence-corrected chi connectivity index (χ0v) is 24.0. The summed E-state index contributed by atoms with van der Waals surface area (Å²) in [5.41, 5.74) is 1.01. The van der Waals surface area contributed by atoms with E-state index in [1.807, 2.05) is 51.1 Å². The number of carbonyl (C=O) groups excluding carboxylic acids is 2. The number of carbonyl (C=O) groups is 2. The van der Waals surface area contributed by atoms with Crippen LogP contribution in [0.3, 0.4) is 0 Å². The Balaban J connectivity index is 2.05.